The molecule has 0 spiro atoms. The van der Waals surface area contributed by atoms with Crippen LogP contribution in [-0.4, -0.2) is 36.1 Å². The zero-order valence-electron chi connectivity index (χ0n) is 16.4. The number of aromatic nitrogens is 2. The highest BCUT2D eigenvalue weighted by atomic mass is 32.2. The molecule has 156 valence electrons. The van der Waals surface area contributed by atoms with Crippen molar-refractivity contribution in [1.29, 1.82) is 0 Å². The van der Waals surface area contributed by atoms with E-state index in [0.717, 1.165) is 17.8 Å². The lowest BCUT2D eigenvalue weighted by molar-refractivity contribution is -0.755. The summed E-state index contributed by atoms with van der Waals surface area (Å²) in [5.41, 5.74) is 2.45. The number of hydrogen-bond donors (Lipinski definition) is 0. The summed E-state index contributed by atoms with van der Waals surface area (Å²) < 4.78 is 25.4. The van der Waals surface area contributed by atoms with E-state index in [4.69, 9.17) is 0 Å². The van der Waals surface area contributed by atoms with Crippen LogP contribution in [0.25, 0.3) is 17.3 Å². The van der Waals surface area contributed by atoms with Crippen LogP contribution in [0, 0.1) is 16.0 Å². The van der Waals surface area contributed by atoms with E-state index in [1.165, 1.54) is 38.4 Å². The lowest BCUT2D eigenvalue weighted by Gasteiger charge is -2.22. The van der Waals surface area contributed by atoms with Crippen molar-refractivity contribution < 1.29 is 18.3 Å². The van der Waals surface area contributed by atoms with Crippen LogP contribution in [0.2, 0.25) is 0 Å². The second-order valence-corrected chi connectivity index (χ2v) is 9.37. The molecule has 1 aliphatic carbocycles. The van der Waals surface area contributed by atoms with Gasteiger partial charge in [-0.05, 0) is 48.6 Å². The quantitative estimate of drug-likeness (QED) is 0.477. The Bertz CT molecular complexity index is 974. The van der Waals surface area contributed by atoms with Crippen molar-refractivity contribution >= 4 is 15.9 Å². The number of rotatable bonds is 8. The molecule has 29 heavy (non-hydrogen) atoms. The first-order valence-corrected chi connectivity index (χ1v) is 11.5. The molecule has 3 rings (SSSR count). The van der Waals surface area contributed by atoms with Crippen LogP contribution in [0.15, 0.2) is 41.3 Å². The van der Waals surface area contributed by atoms with Gasteiger partial charge < -0.3 is 4.84 Å². The molecule has 1 saturated carbocycles. The van der Waals surface area contributed by atoms with Gasteiger partial charge >= 0.3 is 0 Å². The predicted molar refractivity (Wildman–Crippen MR) is 109 cm³/mol. The van der Waals surface area contributed by atoms with Gasteiger partial charge in [-0.3, -0.25) is 4.68 Å². The average molecular weight is 420 g/mol. The van der Waals surface area contributed by atoms with E-state index in [2.05, 4.69) is 9.94 Å². The molecule has 0 saturated heterocycles. The summed E-state index contributed by atoms with van der Waals surface area (Å²) in [5, 5.41) is 14.1. The molecule has 0 N–H and O–H groups in total. The fourth-order valence-corrected chi connectivity index (χ4v) is 4.28. The topological polar surface area (TPSA) is 104 Å². The molecule has 1 fully saturated rings. The maximum absolute atomic E-state index is 11.7. The first kappa shape index (κ1) is 21.0. The molecule has 1 aromatic carbocycles. The minimum Gasteiger partial charge on any atom is -0.310 e. The van der Waals surface area contributed by atoms with Gasteiger partial charge in [0.25, 0.3) is 5.09 Å². The summed E-state index contributed by atoms with van der Waals surface area (Å²) in [4.78, 5) is 14.8. The van der Waals surface area contributed by atoms with Gasteiger partial charge in [0, 0.05) is 12.8 Å². The Morgan fingerprint density at radius 1 is 1.24 bits per heavy atom. The van der Waals surface area contributed by atoms with E-state index in [1.807, 2.05) is 10.7 Å². The van der Waals surface area contributed by atoms with Crippen molar-refractivity contribution in [2.24, 2.45) is 5.92 Å². The maximum Gasteiger partial charge on any atom is 0.294 e. The van der Waals surface area contributed by atoms with Crippen LogP contribution in [-0.2, 0) is 21.2 Å². The monoisotopic (exact) mass is 419 g/mol. The summed E-state index contributed by atoms with van der Waals surface area (Å²) in [7, 11) is -3.25. The van der Waals surface area contributed by atoms with Crippen LogP contribution in [0.5, 0.6) is 0 Å². The molecule has 9 heteroatoms. The Labute approximate surface area is 170 Å². The second-order valence-electron chi connectivity index (χ2n) is 7.36. The summed E-state index contributed by atoms with van der Waals surface area (Å²) in [6, 6.07) is 8.68. The van der Waals surface area contributed by atoms with Gasteiger partial charge in [-0.1, -0.05) is 37.5 Å². The van der Waals surface area contributed by atoms with Crippen molar-refractivity contribution in [3.63, 3.8) is 0 Å². The smallest absolute Gasteiger partial charge is 0.294 e. The second kappa shape index (κ2) is 9.21. The third kappa shape index (κ3) is 5.90. The number of nitrogens with zero attached hydrogens (tertiary/aromatic N) is 3. The lowest BCUT2D eigenvalue weighted by Crippen LogP contribution is -2.15. The lowest BCUT2D eigenvalue weighted by atomic mass is 9.89. The minimum absolute atomic E-state index is 0.138. The number of hydrogen-bond acceptors (Lipinski definition) is 6. The molecule has 1 aromatic heterocycles. The Kier molecular flexibility index (Phi) is 6.68. The van der Waals surface area contributed by atoms with Gasteiger partial charge in [0.05, 0.1) is 16.3 Å². The Hall–Kier alpha value is -2.68. The minimum atomic E-state index is -3.25. The average Bonchev–Trinajstić information content (AvgIpc) is 3.08. The molecule has 0 radical (unpaired) electrons. The zero-order chi connectivity index (χ0) is 20.9. The summed E-state index contributed by atoms with van der Waals surface area (Å²) in [6.07, 6.45) is 10.5. The number of benzene rings is 1. The summed E-state index contributed by atoms with van der Waals surface area (Å²) >= 11 is 0. The van der Waals surface area contributed by atoms with Crippen LogP contribution < -0.4 is 0 Å². The van der Waals surface area contributed by atoms with E-state index < -0.39 is 14.9 Å². The van der Waals surface area contributed by atoms with Gasteiger partial charge in [0.15, 0.2) is 9.84 Å². The first-order chi connectivity index (χ1) is 13.8. The normalized spacial score (nSPS) is 15.6. The van der Waals surface area contributed by atoms with Gasteiger partial charge in [0.1, 0.15) is 6.61 Å². The fraction of sp³-hybridized carbons (Fsp3) is 0.450. The van der Waals surface area contributed by atoms with E-state index in [9.17, 15) is 18.5 Å². The van der Waals surface area contributed by atoms with Crippen molar-refractivity contribution in [2.45, 2.75) is 43.5 Å². The molecular weight excluding hydrogens is 394 g/mol. The predicted octanol–water partition coefficient (Wildman–Crippen LogP) is 3.76. The molecule has 8 nitrogen and oxygen atoms in total. The van der Waals surface area contributed by atoms with E-state index in [1.54, 1.807) is 36.4 Å². The van der Waals surface area contributed by atoms with Crippen molar-refractivity contribution in [3.8, 4) is 11.3 Å². The molecular formula is C20H25N3O5S. The van der Waals surface area contributed by atoms with Crippen LogP contribution in [0.3, 0.4) is 0 Å². The van der Waals surface area contributed by atoms with E-state index in [0.29, 0.717) is 11.6 Å². The van der Waals surface area contributed by atoms with Gasteiger partial charge in [-0.2, -0.15) is 5.10 Å². The Balaban J connectivity index is 1.86. The highest BCUT2D eigenvalue weighted by Gasteiger charge is 2.18. The van der Waals surface area contributed by atoms with E-state index in [-0.39, 0.29) is 11.5 Å². The number of sulfone groups is 1. The molecule has 0 unspecified atom stereocenters. The SMILES string of the molecule is CS(=O)(=O)c1ccc(-c2cc(C=CCO[N+](=O)[O-])nn2CC2CCCCC2)cc1. The van der Waals surface area contributed by atoms with Crippen LogP contribution in [0.4, 0.5) is 0 Å². The van der Waals surface area contributed by atoms with Crippen molar-refractivity contribution in [1.82, 2.24) is 9.78 Å². The fourth-order valence-electron chi connectivity index (χ4n) is 3.65. The third-order valence-electron chi connectivity index (χ3n) is 5.10. The molecule has 0 amide bonds. The molecule has 1 aliphatic rings. The van der Waals surface area contributed by atoms with Crippen molar-refractivity contribution in [3.05, 3.63) is 52.2 Å². The Morgan fingerprint density at radius 3 is 2.55 bits per heavy atom. The van der Waals surface area contributed by atoms with Gasteiger partial charge in [0.2, 0.25) is 0 Å². The summed E-state index contributed by atoms with van der Waals surface area (Å²) in [5.74, 6) is 0.562. The van der Waals surface area contributed by atoms with Gasteiger partial charge in [-0.25, -0.2) is 8.42 Å². The van der Waals surface area contributed by atoms with Crippen LogP contribution in [0.1, 0.15) is 37.8 Å². The van der Waals surface area contributed by atoms with E-state index >= 15 is 0 Å². The van der Waals surface area contributed by atoms with Crippen LogP contribution >= 0.6 is 0 Å². The largest absolute Gasteiger partial charge is 0.310 e. The van der Waals surface area contributed by atoms with Crippen molar-refractivity contribution in [2.75, 3.05) is 12.9 Å². The highest BCUT2D eigenvalue weighted by Crippen LogP contribution is 2.28. The first-order valence-electron chi connectivity index (χ1n) is 9.65. The van der Waals surface area contributed by atoms with Gasteiger partial charge in [-0.15, -0.1) is 10.1 Å². The molecule has 1 heterocycles. The highest BCUT2D eigenvalue weighted by molar-refractivity contribution is 7.90. The summed E-state index contributed by atoms with van der Waals surface area (Å²) in [6.45, 7) is 0.656. The standard InChI is InChI=1S/C20H25N3O5S/c1-29(26,27)19-11-9-17(10-12-19)20-14-18(8-5-13-28-23(24)25)21-22(20)15-16-6-3-2-4-7-16/h5,8-12,14,16H,2-4,6-7,13,15H2,1H3. The zero-order valence-corrected chi connectivity index (χ0v) is 17.2. The maximum atomic E-state index is 11.7. The Morgan fingerprint density at radius 2 is 1.93 bits per heavy atom. The molecule has 0 atom stereocenters. The molecule has 0 aliphatic heterocycles. The third-order valence-corrected chi connectivity index (χ3v) is 6.23. The molecule has 2 aromatic rings. The molecule has 0 bridgehead atoms.